The van der Waals surface area contributed by atoms with Crippen LogP contribution in [0.3, 0.4) is 0 Å². The smallest absolute Gasteiger partial charge is 0.244 e. The van der Waals surface area contributed by atoms with Gasteiger partial charge >= 0.3 is 0 Å². The maximum atomic E-state index is 12.3. The van der Waals surface area contributed by atoms with Crippen molar-refractivity contribution in [2.45, 2.75) is 51.0 Å². The third kappa shape index (κ3) is 6.85. The molecule has 0 bridgehead atoms. The molecule has 2 aromatic rings. The molecular formula is C28H31Cl2N3O. The van der Waals surface area contributed by atoms with Crippen molar-refractivity contribution in [3.63, 3.8) is 0 Å². The molecule has 1 aliphatic heterocycles. The molecule has 0 unspecified atom stereocenters. The zero-order valence-corrected chi connectivity index (χ0v) is 20.9. The molecule has 0 atom stereocenters. The van der Waals surface area contributed by atoms with Gasteiger partial charge < -0.3 is 10.2 Å². The highest BCUT2D eigenvalue weighted by atomic mass is 35.5. The van der Waals surface area contributed by atoms with Gasteiger partial charge in [-0.25, -0.2) is 0 Å². The van der Waals surface area contributed by atoms with Crippen molar-refractivity contribution >= 4 is 35.2 Å². The summed E-state index contributed by atoms with van der Waals surface area (Å²) in [5.74, 6) is 0.675. The van der Waals surface area contributed by atoms with Crippen LogP contribution in [0.5, 0.6) is 0 Å². The van der Waals surface area contributed by atoms with Crippen LogP contribution in [0.25, 0.3) is 6.08 Å². The van der Waals surface area contributed by atoms with Gasteiger partial charge in [-0.2, -0.15) is 5.26 Å². The molecule has 0 radical (unpaired) electrons. The number of nitrogens with zero attached hydrogens (tertiary/aromatic N) is 2. The number of rotatable bonds is 6. The summed E-state index contributed by atoms with van der Waals surface area (Å²) < 4.78 is 0. The molecule has 6 heteroatoms. The largest absolute Gasteiger partial charge is 0.350 e. The highest BCUT2D eigenvalue weighted by Crippen LogP contribution is 2.28. The SMILES string of the molecule is N#Cc1ccc2c(c1)CCN(CCC1CCC(NC(=O)/C=C/c3ccc(Cl)c(Cl)c3)CC1)CC2. The lowest BCUT2D eigenvalue weighted by Crippen LogP contribution is -2.37. The van der Waals surface area contributed by atoms with Crippen LogP contribution >= 0.6 is 23.2 Å². The Bertz CT molecular complexity index is 1080. The predicted octanol–water partition coefficient (Wildman–Crippen LogP) is 6.04. The molecule has 1 saturated carbocycles. The summed E-state index contributed by atoms with van der Waals surface area (Å²) in [5, 5.41) is 13.3. The molecule has 2 aromatic carbocycles. The van der Waals surface area contributed by atoms with Crippen LogP contribution in [0.15, 0.2) is 42.5 Å². The van der Waals surface area contributed by atoms with Gasteiger partial charge in [0.15, 0.2) is 0 Å². The third-order valence-corrected chi connectivity index (χ3v) is 7.89. The Morgan fingerprint density at radius 1 is 1.03 bits per heavy atom. The molecule has 0 spiro atoms. The fourth-order valence-corrected chi connectivity index (χ4v) is 5.37. The van der Waals surface area contributed by atoms with Gasteiger partial charge in [0.1, 0.15) is 0 Å². The second-order valence-electron chi connectivity index (χ2n) is 9.46. The first-order valence-electron chi connectivity index (χ1n) is 12.2. The van der Waals surface area contributed by atoms with Crippen LogP contribution in [-0.2, 0) is 17.6 Å². The van der Waals surface area contributed by atoms with E-state index in [-0.39, 0.29) is 11.9 Å². The molecule has 4 rings (SSSR count). The van der Waals surface area contributed by atoms with E-state index in [0.717, 1.165) is 62.4 Å². The Morgan fingerprint density at radius 3 is 2.53 bits per heavy atom. The Morgan fingerprint density at radius 2 is 1.79 bits per heavy atom. The minimum Gasteiger partial charge on any atom is -0.350 e. The quantitative estimate of drug-likeness (QED) is 0.496. The summed E-state index contributed by atoms with van der Waals surface area (Å²) in [4.78, 5) is 14.9. The number of fused-ring (bicyclic) bond motifs is 1. The van der Waals surface area contributed by atoms with Crippen molar-refractivity contribution in [1.29, 1.82) is 5.26 Å². The first-order chi connectivity index (χ1) is 16.5. The number of hydrogen-bond acceptors (Lipinski definition) is 3. The maximum absolute atomic E-state index is 12.3. The van der Waals surface area contributed by atoms with Crippen molar-refractivity contribution in [1.82, 2.24) is 10.2 Å². The van der Waals surface area contributed by atoms with E-state index in [1.807, 2.05) is 12.1 Å². The van der Waals surface area contributed by atoms with E-state index in [9.17, 15) is 4.79 Å². The molecule has 1 amide bonds. The van der Waals surface area contributed by atoms with Gasteiger partial charge in [0, 0.05) is 25.2 Å². The molecule has 0 saturated heterocycles. The topological polar surface area (TPSA) is 56.1 Å². The standard InChI is InChI=1S/C28H31Cl2N3O/c29-26-9-4-21(18-27(26)30)5-10-28(34)32-25-7-2-20(3-8-25)11-14-33-15-12-23-6-1-22(19-31)17-24(23)13-16-33/h1,4-6,9-10,17-18,20,25H,2-3,7-8,11-16H2,(H,32,34)/b10-5+. The summed E-state index contributed by atoms with van der Waals surface area (Å²) in [6.45, 7) is 3.29. The van der Waals surface area contributed by atoms with Gasteiger partial charge in [-0.3, -0.25) is 4.79 Å². The summed E-state index contributed by atoms with van der Waals surface area (Å²) in [6, 6.07) is 14.0. The first-order valence-corrected chi connectivity index (χ1v) is 12.9. The molecule has 1 fully saturated rings. The Hall–Kier alpha value is -2.32. The van der Waals surface area contributed by atoms with Crippen molar-refractivity contribution in [2.24, 2.45) is 5.92 Å². The van der Waals surface area contributed by atoms with E-state index in [2.05, 4.69) is 28.4 Å². The molecule has 34 heavy (non-hydrogen) atoms. The monoisotopic (exact) mass is 495 g/mol. The molecular weight excluding hydrogens is 465 g/mol. The molecule has 1 aliphatic carbocycles. The third-order valence-electron chi connectivity index (χ3n) is 7.15. The van der Waals surface area contributed by atoms with E-state index in [0.29, 0.717) is 10.0 Å². The number of nitriles is 1. The highest BCUT2D eigenvalue weighted by Gasteiger charge is 2.23. The lowest BCUT2D eigenvalue weighted by atomic mass is 9.84. The van der Waals surface area contributed by atoms with Crippen LogP contribution in [0, 0.1) is 17.2 Å². The zero-order chi connectivity index (χ0) is 23.9. The van der Waals surface area contributed by atoms with Crippen LogP contribution in [-0.4, -0.2) is 36.5 Å². The average molecular weight is 496 g/mol. The van der Waals surface area contributed by atoms with E-state index >= 15 is 0 Å². The average Bonchev–Trinajstić information content (AvgIpc) is 3.06. The maximum Gasteiger partial charge on any atom is 0.244 e. The van der Waals surface area contributed by atoms with E-state index < -0.39 is 0 Å². The van der Waals surface area contributed by atoms with Crippen molar-refractivity contribution in [3.8, 4) is 6.07 Å². The Balaban J connectivity index is 1.16. The van der Waals surface area contributed by atoms with Gasteiger partial charge in [-0.05, 0) is 104 Å². The lowest BCUT2D eigenvalue weighted by molar-refractivity contribution is -0.117. The minimum absolute atomic E-state index is 0.0572. The number of benzene rings is 2. The van der Waals surface area contributed by atoms with Crippen LogP contribution in [0.2, 0.25) is 10.0 Å². The van der Waals surface area contributed by atoms with E-state index in [1.54, 1.807) is 24.3 Å². The zero-order valence-electron chi connectivity index (χ0n) is 19.4. The second kappa shape index (κ2) is 11.9. The number of hydrogen-bond donors (Lipinski definition) is 1. The van der Waals surface area contributed by atoms with Crippen LogP contribution < -0.4 is 5.32 Å². The molecule has 0 aromatic heterocycles. The molecule has 2 aliphatic rings. The lowest BCUT2D eigenvalue weighted by Gasteiger charge is -2.30. The Labute approximate surface area is 212 Å². The van der Waals surface area contributed by atoms with Gasteiger partial charge in [0.25, 0.3) is 0 Å². The van der Waals surface area contributed by atoms with Gasteiger partial charge in [-0.15, -0.1) is 0 Å². The summed E-state index contributed by atoms with van der Waals surface area (Å²) >= 11 is 12.0. The fourth-order valence-electron chi connectivity index (χ4n) is 5.06. The molecule has 178 valence electrons. The number of amides is 1. The number of halogens is 2. The first kappa shape index (κ1) is 24.8. The van der Waals surface area contributed by atoms with Crippen LogP contribution in [0.4, 0.5) is 0 Å². The van der Waals surface area contributed by atoms with Gasteiger partial charge in [0.05, 0.1) is 21.7 Å². The number of carbonyl (C=O) groups is 1. The summed E-state index contributed by atoms with van der Waals surface area (Å²) in [5.41, 5.74) is 4.35. The molecule has 1 heterocycles. The van der Waals surface area contributed by atoms with E-state index in [4.69, 9.17) is 28.5 Å². The Kier molecular flexibility index (Phi) is 8.67. The molecule has 1 N–H and O–H groups in total. The van der Waals surface area contributed by atoms with Gasteiger partial charge in [0.2, 0.25) is 5.91 Å². The summed E-state index contributed by atoms with van der Waals surface area (Å²) in [7, 11) is 0. The minimum atomic E-state index is -0.0572. The van der Waals surface area contributed by atoms with Crippen LogP contribution in [0.1, 0.15) is 54.4 Å². The van der Waals surface area contributed by atoms with Crippen molar-refractivity contribution < 1.29 is 4.79 Å². The number of carbonyl (C=O) groups excluding carboxylic acids is 1. The molecule has 4 nitrogen and oxygen atoms in total. The normalized spacial score (nSPS) is 21.0. The summed E-state index contributed by atoms with van der Waals surface area (Å²) in [6.07, 6.45) is 11.1. The number of nitrogens with one attached hydrogen (secondary N) is 1. The second-order valence-corrected chi connectivity index (χ2v) is 10.3. The van der Waals surface area contributed by atoms with Crippen molar-refractivity contribution in [3.05, 3.63) is 74.8 Å². The van der Waals surface area contributed by atoms with E-state index in [1.165, 1.54) is 30.4 Å². The highest BCUT2D eigenvalue weighted by molar-refractivity contribution is 6.42. The van der Waals surface area contributed by atoms with Crippen molar-refractivity contribution in [2.75, 3.05) is 19.6 Å². The predicted molar refractivity (Wildman–Crippen MR) is 139 cm³/mol. The fraction of sp³-hybridized carbons (Fsp3) is 0.429. The van der Waals surface area contributed by atoms with Gasteiger partial charge in [-0.1, -0.05) is 35.3 Å².